The van der Waals surface area contributed by atoms with E-state index in [0.717, 1.165) is 0 Å². The Morgan fingerprint density at radius 3 is 0.676 bits per heavy atom. The summed E-state index contributed by atoms with van der Waals surface area (Å²) in [6.07, 6.45) is -0.436. The van der Waals surface area contributed by atoms with E-state index in [4.69, 9.17) is 4.74 Å². The number of benzene rings is 18. The SMILES string of the molecule is CC(C)(C)OC(=O)NCC[N+]1([O-])CC23c4c5c6c7c8c9c(c%10c%11c2c2c4c4c%12c5c5c6c6c8c8c%13c9c9c%10c%10c%11c%11c2c2c4c4c%12c%12c5c5c6c8c6c8c%13c9c9c%10c%10c%11c2c2c4c4c%12c5c6c5c8c9c%10c2c45)C73C1. The van der Waals surface area contributed by atoms with Gasteiger partial charge in [-0.25, -0.2) is 4.79 Å². The molecule has 1 aliphatic heterocycles. The van der Waals surface area contributed by atoms with Gasteiger partial charge < -0.3 is 19.9 Å². The van der Waals surface area contributed by atoms with E-state index in [1.165, 1.54) is 43.1 Å². The van der Waals surface area contributed by atoms with Crippen LogP contribution in [0.2, 0.25) is 0 Å². The molecule has 4 aliphatic carbocycles. The summed E-state index contributed by atoms with van der Waals surface area (Å²) in [6, 6.07) is 0. The lowest BCUT2D eigenvalue weighted by atomic mass is 9.50. The average Bonchev–Trinajstić information content (AvgIpc) is 2.31. The molecule has 0 saturated carbocycles. The third-order valence-electron chi connectivity index (χ3n) is 25.9. The predicted octanol–water partition coefficient (Wildman–Crippen LogP) is 17.1. The molecule has 0 atom stereocenters. The molecule has 1 heterocycles. The van der Waals surface area contributed by atoms with Crippen LogP contribution in [0.15, 0.2) is 0 Å². The number of nitrogens with zero attached hydrogens (tertiary/aromatic N) is 1. The molecule has 1 fully saturated rings. The third-order valence-corrected chi connectivity index (χ3v) is 25.9. The molecular formula is C69H18N2O3. The summed E-state index contributed by atoms with van der Waals surface area (Å²) in [6.45, 7) is 7.32. The van der Waals surface area contributed by atoms with Crippen molar-refractivity contribution in [2.75, 3.05) is 26.2 Å². The molecule has 0 radical (unpaired) electrons. The van der Waals surface area contributed by atoms with Crippen molar-refractivity contribution in [3.05, 3.63) is 27.5 Å². The van der Waals surface area contributed by atoms with E-state index in [1.54, 1.807) is 270 Å². The highest BCUT2D eigenvalue weighted by molar-refractivity contribution is 6.82. The normalized spacial score (nSPS) is 24.2. The van der Waals surface area contributed by atoms with Gasteiger partial charge in [0.1, 0.15) is 5.60 Å². The predicted molar refractivity (Wildman–Crippen MR) is 306 cm³/mol. The van der Waals surface area contributed by atoms with Crippen LogP contribution in [0.1, 0.15) is 43.0 Å². The van der Waals surface area contributed by atoms with Gasteiger partial charge in [0.2, 0.25) is 0 Å². The maximum atomic E-state index is 17.2. The molecule has 33 rings (SSSR count). The first-order valence-corrected chi connectivity index (χ1v) is 27.6. The number of hydroxylamine groups is 3. The number of quaternary nitrogens is 1. The fraction of sp³-hybridized carbons (Fsp3) is 0.145. The number of hydrogen-bond acceptors (Lipinski definition) is 3. The number of carbonyl (C=O) groups is 1. The van der Waals surface area contributed by atoms with Gasteiger partial charge in [-0.2, -0.15) is 0 Å². The molecule has 0 aromatic heterocycles. The van der Waals surface area contributed by atoms with E-state index in [1.807, 2.05) is 20.8 Å². The maximum absolute atomic E-state index is 17.2. The zero-order chi connectivity index (χ0) is 45.3. The van der Waals surface area contributed by atoms with E-state index >= 15 is 5.21 Å². The first-order valence-electron chi connectivity index (χ1n) is 27.6. The molecule has 5 heteroatoms. The van der Waals surface area contributed by atoms with Crippen LogP contribution in [-0.4, -0.2) is 42.5 Å². The number of likely N-dealkylation sites (tertiary alicyclic amines) is 1. The summed E-state index contributed by atoms with van der Waals surface area (Å²) < 4.78 is 5.49. The van der Waals surface area contributed by atoms with Crippen LogP contribution in [0, 0.1) is 5.21 Å². The van der Waals surface area contributed by atoms with E-state index in [0.29, 0.717) is 19.6 Å². The second-order valence-corrected chi connectivity index (χ2v) is 28.1. The number of hydrogen-bond donors (Lipinski definition) is 1. The van der Waals surface area contributed by atoms with E-state index in [-0.39, 0.29) is 11.2 Å². The monoisotopic (exact) mass is 922 g/mol. The fourth-order valence-corrected chi connectivity index (χ4v) is 25.9. The Labute approximate surface area is 405 Å². The average molecular weight is 923 g/mol. The number of ether oxygens (including phenoxy) is 1. The Hall–Kier alpha value is -8.35. The number of rotatable bonds is 3. The fourth-order valence-electron chi connectivity index (χ4n) is 25.9. The van der Waals surface area contributed by atoms with Crippen molar-refractivity contribution in [2.45, 2.75) is 37.2 Å². The molecule has 1 N–H and O–H groups in total. The molecule has 74 heavy (non-hydrogen) atoms. The van der Waals surface area contributed by atoms with Gasteiger partial charge in [0.15, 0.2) is 0 Å². The van der Waals surface area contributed by atoms with Crippen molar-refractivity contribution in [2.24, 2.45) is 0 Å². The van der Waals surface area contributed by atoms with Crippen molar-refractivity contribution in [3.63, 3.8) is 0 Å². The molecule has 28 aromatic rings. The van der Waals surface area contributed by atoms with Crippen molar-refractivity contribution < 1.29 is 14.2 Å². The van der Waals surface area contributed by atoms with E-state index in [2.05, 4.69) is 5.32 Å². The molecule has 322 valence electrons. The van der Waals surface area contributed by atoms with Gasteiger partial charge in [-0.05, 0) is 334 Å². The topological polar surface area (TPSA) is 61.4 Å². The minimum atomic E-state index is -0.622. The van der Waals surface area contributed by atoms with Crippen molar-refractivity contribution in [1.29, 1.82) is 0 Å². The molecule has 1 amide bonds. The van der Waals surface area contributed by atoms with Gasteiger partial charge in [-0.3, -0.25) is 0 Å². The first kappa shape index (κ1) is 29.4. The highest BCUT2D eigenvalue weighted by Crippen LogP contribution is 2.85. The quantitative estimate of drug-likeness (QED) is 0.109. The van der Waals surface area contributed by atoms with Gasteiger partial charge in [-0.15, -0.1) is 0 Å². The molecule has 28 aromatic carbocycles. The van der Waals surface area contributed by atoms with Crippen LogP contribution in [0.4, 0.5) is 4.79 Å². The van der Waals surface area contributed by atoms with Gasteiger partial charge >= 0.3 is 6.09 Å². The zero-order valence-electron chi connectivity index (χ0n) is 39.0. The Kier molecular flexibility index (Phi) is 2.63. The second kappa shape index (κ2) is 6.64. The first-order chi connectivity index (χ1) is 36.3. The van der Waals surface area contributed by atoms with Gasteiger partial charge in [-0.1, -0.05) is 0 Å². The summed E-state index contributed by atoms with van der Waals surface area (Å²) in [5.74, 6) is 0. The maximum Gasteiger partial charge on any atom is 0.407 e. The molecule has 5 aliphatic rings. The van der Waals surface area contributed by atoms with Crippen LogP contribution in [0.25, 0.3) is 291 Å². The standard InChI is InChI=1S/C69H18N2O3/c1-67(2,3)74-66(72)70-4-5-71(73)6-68-62-54-46-36-26-18-10-8-9-12-16-14(10)22-30-24(16)34-28-20(12)21-13(9)17-15-11(8)19(18)27-33-23(15)31-25(17)35-29(21)39-38(28)48-42(34)52-44(30)50(40(46)32(22)26)58(62)60(52)64-56(48)57-49(39)43(35)53-45(31)51-41(33)47(37(27)36)55(54)63(68)59(51)61(53)65(57)69(64,68)7-71/h4-7H2,1-3H3,(H,70,72). The summed E-state index contributed by atoms with van der Waals surface area (Å²) in [4.78, 5) is 13.5. The van der Waals surface area contributed by atoms with E-state index in [9.17, 15) is 4.79 Å². The van der Waals surface area contributed by atoms with Crippen molar-refractivity contribution >= 4 is 297 Å². The van der Waals surface area contributed by atoms with Crippen LogP contribution in [0.5, 0.6) is 0 Å². The summed E-state index contributed by atoms with van der Waals surface area (Å²) >= 11 is 0. The van der Waals surface area contributed by atoms with E-state index < -0.39 is 22.5 Å². The lowest BCUT2D eigenvalue weighted by Gasteiger charge is -2.47. The van der Waals surface area contributed by atoms with Gasteiger partial charge in [0, 0.05) is 0 Å². The molecule has 1 saturated heterocycles. The van der Waals surface area contributed by atoms with Crippen LogP contribution in [-0.2, 0) is 15.6 Å². The molecule has 0 unspecified atom stereocenters. The molecule has 0 bridgehead atoms. The number of carbonyl (C=O) groups excluding carboxylic acids is 1. The highest BCUT2D eigenvalue weighted by atomic mass is 16.6. The van der Waals surface area contributed by atoms with Crippen molar-refractivity contribution in [3.8, 4) is 0 Å². The molecule has 5 nitrogen and oxygen atoms in total. The number of amides is 1. The van der Waals surface area contributed by atoms with Crippen LogP contribution < -0.4 is 5.32 Å². The van der Waals surface area contributed by atoms with Crippen molar-refractivity contribution in [1.82, 2.24) is 5.32 Å². The number of alkyl carbamates (subject to hydrolysis) is 1. The Morgan fingerprint density at radius 2 is 0.514 bits per heavy atom. The Bertz CT molecular complexity index is 6780. The number of nitrogens with one attached hydrogen (secondary N) is 1. The molecular weight excluding hydrogens is 905 g/mol. The largest absolute Gasteiger partial charge is 0.633 e. The third kappa shape index (κ3) is 1.65. The van der Waals surface area contributed by atoms with Gasteiger partial charge in [0.05, 0.1) is 37.0 Å². The lowest BCUT2D eigenvalue weighted by molar-refractivity contribution is -0.870. The summed E-state index contributed by atoms with van der Waals surface area (Å²) in [7, 11) is 0. The minimum absolute atomic E-state index is 0.281. The zero-order valence-corrected chi connectivity index (χ0v) is 39.0. The smallest absolute Gasteiger partial charge is 0.407 e. The van der Waals surface area contributed by atoms with Crippen LogP contribution >= 0.6 is 0 Å². The summed E-state index contributed by atoms with van der Waals surface area (Å²) in [5.41, 5.74) is 4.40. The Balaban J connectivity index is 1.04. The lowest BCUT2D eigenvalue weighted by Crippen LogP contribution is -2.51. The summed E-state index contributed by atoms with van der Waals surface area (Å²) in [5, 5.41) is 105. The second-order valence-electron chi connectivity index (χ2n) is 28.1. The van der Waals surface area contributed by atoms with Crippen LogP contribution in [0.3, 0.4) is 0 Å². The minimum Gasteiger partial charge on any atom is -0.633 e. The molecule has 2 spiro atoms. The highest BCUT2D eigenvalue weighted by Gasteiger charge is 2.76. The van der Waals surface area contributed by atoms with Gasteiger partial charge in [0.25, 0.3) is 0 Å². The Morgan fingerprint density at radius 1 is 0.351 bits per heavy atom.